The molecule has 0 saturated carbocycles. The Hall–Kier alpha value is -2.40. The molecule has 1 aromatic heterocycles. The number of carbonyl (C=O) groups excluding carboxylic acids is 1. The van der Waals surface area contributed by atoms with Crippen molar-refractivity contribution in [2.45, 2.75) is 38.0 Å². The zero-order chi connectivity index (χ0) is 16.9. The molecule has 0 unspecified atom stereocenters. The highest BCUT2D eigenvalue weighted by molar-refractivity contribution is 5.82. The maximum atomic E-state index is 12.4. The van der Waals surface area contributed by atoms with Gasteiger partial charge in [0.2, 0.25) is 0 Å². The Morgan fingerprint density at radius 3 is 3.17 bits per heavy atom. The molecule has 1 aliphatic heterocycles. The van der Waals surface area contributed by atoms with Crippen LogP contribution in [0.4, 0.5) is 0 Å². The third kappa shape index (κ3) is 3.74. The smallest absolute Gasteiger partial charge is 0.261 e. The highest BCUT2D eigenvalue weighted by Crippen LogP contribution is 2.19. The standard InChI is InChI=1S/C19H22N2O3/c1-3-18-17(9-6-10-23-18)21-19(22)13(2)24-15-11-14-7-4-5-8-16(14)20-12-15/h3-5,7-8,11-13,17-18H,1,6,9-10H2,2H3,(H,21,22)/t13-,17+,18-/m0/s1. The lowest BCUT2D eigenvalue weighted by atomic mass is 10.0. The SMILES string of the molecule is C=C[C@@H]1OCCC[C@H]1NC(=O)[C@H](C)Oc1cnc2ccccc2c1. The van der Waals surface area contributed by atoms with E-state index in [2.05, 4.69) is 16.9 Å². The molecule has 1 fully saturated rings. The molecule has 126 valence electrons. The van der Waals surface area contributed by atoms with Gasteiger partial charge in [0.05, 0.1) is 23.9 Å². The van der Waals surface area contributed by atoms with Gasteiger partial charge in [-0.3, -0.25) is 9.78 Å². The van der Waals surface area contributed by atoms with Crippen molar-refractivity contribution in [2.24, 2.45) is 0 Å². The predicted molar refractivity (Wildman–Crippen MR) is 92.9 cm³/mol. The first-order valence-corrected chi connectivity index (χ1v) is 8.23. The number of hydrogen-bond acceptors (Lipinski definition) is 4. The van der Waals surface area contributed by atoms with E-state index in [0.717, 1.165) is 23.7 Å². The Labute approximate surface area is 141 Å². The summed E-state index contributed by atoms with van der Waals surface area (Å²) in [7, 11) is 0. The van der Waals surface area contributed by atoms with E-state index in [-0.39, 0.29) is 18.1 Å². The summed E-state index contributed by atoms with van der Waals surface area (Å²) >= 11 is 0. The lowest BCUT2D eigenvalue weighted by molar-refractivity contribution is -0.129. The maximum absolute atomic E-state index is 12.4. The van der Waals surface area contributed by atoms with Crippen molar-refractivity contribution >= 4 is 16.8 Å². The molecule has 0 bridgehead atoms. The minimum absolute atomic E-state index is 0.0514. The van der Waals surface area contributed by atoms with Gasteiger partial charge in [0, 0.05) is 12.0 Å². The first-order valence-electron chi connectivity index (χ1n) is 8.23. The Morgan fingerprint density at radius 2 is 2.33 bits per heavy atom. The van der Waals surface area contributed by atoms with Crippen molar-refractivity contribution < 1.29 is 14.3 Å². The molecule has 1 aliphatic rings. The van der Waals surface area contributed by atoms with Gasteiger partial charge in [-0.15, -0.1) is 6.58 Å². The maximum Gasteiger partial charge on any atom is 0.261 e. The number of rotatable bonds is 5. The van der Waals surface area contributed by atoms with Gasteiger partial charge in [-0.2, -0.15) is 0 Å². The largest absolute Gasteiger partial charge is 0.479 e. The Morgan fingerprint density at radius 1 is 1.50 bits per heavy atom. The van der Waals surface area contributed by atoms with E-state index in [9.17, 15) is 4.79 Å². The van der Waals surface area contributed by atoms with Gasteiger partial charge < -0.3 is 14.8 Å². The van der Waals surface area contributed by atoms with Gasteiger partial charge in [0.1, 0.15) is 5.75 Å². The van der Waals surface area contributed by atoms with Crippen LogP contribution in [0.1, 0.15) is 19.8 Å². The molecule has 0 spiro atoms. The first kappa shape index (κ1) is 16.5. The number of nitrogens with zero attached hydrogens (tertiary/aromatic N) is 1. The predicted octanol–water partition coefficient (Wildman–Crippen LogP) is 2.85. The van der Waals surface area contributed by atoms with Crippen molar-refractivity contribution in [3.8, 4) is 5.75 Å². The van der Waals surface area contributed by atoms with E-state index in [4.69, 9.17) is 9.47 Å². The quantitative estimate of drug-likeness (QED) is 0.858. The molecular weight excluding hydrogens is 304 g/mol. The van der Waals surface area contributed by atoms with Crippen LogP contribution in [0.3, 0.4) is 0 Å². The molecular formula is C19H22N2O3. The van der Waals surface area contributed by atoms with E-state index < -0.39 is 6.10 Å². The number of ether oxygens (including phenoxy) is 2. The second-order valence-corrected chi connectivity index (χ2v) is 5.95. The van der Waals surface area contributed by atoms with Crippen molar-refractivity contribution in [2.75, 3.05) is 6.61 Å². The average Bonchev–Trinajstić information content (AvgIpc) is 2.62. The topological polar surface area (TPSA) is 60.5 Å². The Bertz CT molecular complexity index is 731. The van der Waals surface area contributed by atoms with Crippen molar-refractivity contribution in [1.29, 1.82) is 0 Å². The Balaban J connectivity index is 1.63. The van der Waals surface area contributed by atoms with Gasteiger partial charge in [-0.05, 0) is 31.9 Å². The van der Waals surface area contributed by atoms with E-state index in [1.807, 2.05) is 30.3 Å². The van der Waals surface area contributed by atoms with Gasteiger partial charge in [-0.25, -0.2) is 0 Å². The molecule has 2 aromatic rings. The molecule has 1 saturated heterocycles. The third-order valence-electron chi connectivity index (χ3n) is 4.17. The monoisotopic (exact) mass is 326 g/mol. The van der Waals surface area contributed by atoms with Gasteiger partial charge in [-0.1, -0.05) is 24.3 Å². The van der Waals surface area contributed by atoms with Crippen LogP contribution in [0.25, 0.3) is 10.9 Å². The van der Waals surface area contributed by atoms with E-state index in [1.165, 1.54) is 0 Å². The summed E-state index contributed by atoms with van der Waals surface area (Å²) in [6, 6.07) is 9.63. The number of pyridine rings is 1. The summed E-state index contributed by atoms with van der Waals surface area (Å²) in [4.78, 5) is 16.7. The van der Waals surface area contributed by atoms with Gasteiger partial charge >= 0.3 is 0 Å². The van der Waals surface area contributed by atoms with Crippen LogP contribution in [-0.2, 0) is 9.53 Å². The molecule has 2 heterocycles. The highest BCUT2D eigenvalue weighted by Gasteiger charge is 2.27. The van der Waals surface area contributed by atoms with Crippen LogP contribution < -0.4 is 10.1 Å². The van der Waals surface area contributed by atoms with Crippen LogP contribution in [0.2, 0.25) is 0 Å². The van der Waals surface area contributed by atoms with Crippen molar-refractivity contribution in [3.63, 3.8) is 0 Å². The van der Waals surface area contributed by atoms with Crippen LogP contribution >= 0.6 is 0 Å². The molecule has 5 heteroatoms. The summed E-state index contributed by atoms with van der Waals surface area (Å²) in [5, 5.41) is 3.98. The highest BCUT2D eigenvalue weighted by atomic mass is 16.5. The minimum Gasteiger partial charge on any atom is -0.479 e. The summed E-state index contributed by atoms with van der Waals surface area (Å²) in [6.07, 6.45) is 4.44. The van der Waals surface area contributed by atoms with E-state index >= 15 is 0 Å². The molecule has 1 aromatic carbocycles. The Kier molecular flexibility index (Phi) is 5.11. The molecule has 3 rings (SSSR count). The number of aromatic nitrogens is 1. The van der Waals surface area contributed by atoms with Crippen LogP contribution in [0, 0.1) is 0 Å². The number of carbonyl (C=O) groups is 1. The van der Waals surface area contributed by atoms with Gasteiger partial charge in [0.25, 0.3) is 5.91 Å². The first-order chi connectivity index (χ1) is 11.7. The molecule has 0 radical (unpaired) electrons. The summed E-state index contributed by atoms with van der Waals surface area (Å²) in [5.41, 5.74) is 0.898. The summed E-state index contributed by atoms with van der Waals surface area (Å²) in [6.45, 7) is 6.21. The fraction of sp³-hybridized carbons (Fsp3) is 0.368. The number of para-hydroxylation sites is 1. The zero-order valence-electron chi connectivity index (χ0n) is 13.8. The number of amides is 1. The normalized spacial score (nSPS) is 21.9. The lowest BCUT2D eigenvalue weighted by Crippen LogP contribution is -2.49. The van der Waals surface area contributed by atoms with E-state index in [1.54, 1.807) is 19.2 Å². The molecule has 5 nitrogen and oxygen atoms in total. The van der Waals surface area contributed by atoms with Crippen molar-refractivity contribution in [1.82, 2.24) is 10.3 Å². The van der Waals surface area contributed by atoms with Gasteiger partial charge in [0.15, 0.2) is 6.10 Å². The average molecular weight is 326 g/mol. The van der Waals surface area contributed by atoms with E-state index in [0.29, 0.717) is 12.4 Å². The number of nitrogens with one attached hydrogen (secondary N) is 1. The molecule has 0 aliphatic carbocycles. The fourth-order valence-corrected chi connectivity index (χ4v) is 2.86. The van der Waals surface area contributed by atoms with Crippen LogP contribution in [0.15, 0.2) is 49.2 Å². The lowest BCUT2D eigenvalue weighted by Gasteiger charge is -2.31. The minimum atomic E-state index is -0.611. The second-order valence-electron chi connectivity index (χ2n) is 5.95. The summed E-state index contributed by atoms with van der Waals surface area (Å²) in [5.74, 6) is 0.419. The second kappa shape index (κ2) is 7.45. The van der Waals surface area contributed by atoms with Crippen LogP contribution in [0.5, 0.6) is 5.75 Å². The molecule has 1 N–H and O–H groups in total. The molecule has 24 heavy (non-hydrogen) atoms. The molecule has 3 atom stereocenters. The summed E-state index contributed by atoms with van der Waals surface area (Å²) < 4.78 is 11.4. The third-order valence-corrected chi connectivity index (χ3v) is 4.17. The molecule has 1 amide bonds. The number of fused-ring (bicyclic) bond motifs is 1. The fourth-order valence-electron chi connectivity index (χ4n) is 2.86. The van der Waals surface area contributed by atoms with Crippen molar-refractivity contribution in [3.05, 3.63) is 49.2 Å². The number of hydrogen-bond donors (Lipinski definition) is 1. The van der Waals surface area contributed by atoms with Crippen LogP contribution in [-0.4, -0.2) is 35.7 Å². The zero-order valence-corrected chi connectivity index (χ0v) is 13.8. The number of benzene rings is 1.